The largest absolute Gasteiger partial charge is 0.378 e. The molecular weight excluding hydrogens is 248 g/mol. The van der Waals surface area contributed by atoms with Crippen LogP contribution in [0.1, 0.15) is 42.1 Å². The van der Waals surface area contributed by atoms with Crippen molar-refractivity contribution in [3.05, 3.63) is 34.4 Å². The minimum Gasteiger partial charge on any atom is -0.378 e. The van der Waals surface area contributed by atoms with Gasteiger partial charge in [-0.2, -0.15) is 0 Å². The number of ether oxygens (including phenoxy) is 1. The van der Waals surface area contributed by atoms with Crippen LogP contribution in [0.15, 0.2) is 12.1 Å². The summed E-state index contributed by atoms with van der Waals surface area (Å²) in [5.74, 6) is 0. The van der Waals surface area contributed by atoms with Crippen molar-refractivity contribution in [1.29, 1.82) is 0 Å². The second-order valence-corrected chi connectivity index (χ2v) is 6.60. The lowest BCUT2D eigenvalue weighted by atomic mass is 9.91. The Morgan fingerprint density at radius 1 is 1.20 bits per heavy atom. The number of morpholine rings is 1. The van der Waals surface area contributed by atoms with Gasteiger partial charge in [0, 0.05) is 24.7 Å². The van der Waals surface area contributed by atoms with E-state index >= 15 is 0 Å². The zero-order chi connectivity index (χ0) is 14.9. The van der Waals surface area contributed by atoms with E-state index in [2.05, 4.69) is 51.7 Å². The van der Waals surface area contributed by atoms with E-state index in [0.717, 1.165) is 19.8 Å². The second kappa shape index (κ2) is 5.84. The van der Waals surface area contributed by atoms with Gasteiger partial charge in [0.1, 0.15) is 0 Å². The van der Waals surface area contributed by atoms with Gasteiger partial charge in [0.2, 0.25) is 0 Å². The number of nitrogens with two attached hydrogens (primary N) is 1. The Morgan fingerprint density at radius 3 is 2.45 bits per heavy atom. The van der Waals surface area contributed by atoms with Gasteiger partial charge in [-0.1, -0.05) is 12.1 Å². The molecule has 1 atom stereocenters. The molecule has 0 amide bonds. The number of hydrogen-bond donors (Lipinski definition) is 1. The average molecular weight is 276 g/mol. The Labute approximate surface area is 123 Å². The van der Waals surface area contributed by atoms with E-state index in [9.17, 15) is 0 Å². The van der Waals surface area contributed by atoms with Crippen LogP contribution in [-0.2, 0) is 4.74 Å². The molecule has 1 saturated heterocycles. The first kappa shape index (κ1) is 15.5. The molecule has 0 aromatic heterocycles. The van der Waals surface area contributed by atoms with Crippen molar-refractivity contribution < 1.29 is 4.74 Å². The highest BCUT2D eigenvalue weighted by molar-refractivity contribution is 5.38. The number of rotatable bonds is 3. The Bertz CT molecular complexity index is 482. The van der Waals surface area contributed by atoms with Crippen LogP contribution in [0.4, 0.5) is 0 Å². The van der Waals surface area contributed by atoms with Gasteiger partial charge in [-0.25, -0.2) is 0 Å². The van der Waals surface area contributed by atoms with Gasteiger partial charge in [-0.05, 0) is 56.9 Å². The SMILES string of the molecule is Cc1cc(C)c(C(CN)N2CCOCC2(C)C)cc1C. The van der Waals surface area contributed by atoms with Gasteiger partial charge in [-0.15, -0.1) is 0 Å². The standard InChI is InChI=1S/C17H28N2O/c1-12-8-14(3)15(9-13(12)2)16(10-18)19-6-7-20-11-17(19,4)5/h8-9,16H,6-7,10-11,18H2,1-5H3. The van der Waals surface area contributed by atoms with Crippen molar-refractivity contribution in [2.45, 2.75) is 46.2 Å². The predicted molar refractivity (Wildman–Crippen MR) is 84.1 cm³/mol. The van der Waals surface area contributed by atoms with Crippen molar-refractivity contribution >= 4 is 0 Å². The lowest BCUT2D eigenvalue weighted by molar-refractivity contribution is -0.0713. The maximum atomic E-state index is 6.13. The molecule has 20 heavy (non-hydrogen) atoms. The minimum absolute atomic E-state index is 0.0352. The van der Waals surface area contributed by atoms with Gasteiger partial charge in [-0.3, -0.25) is 4.90 Å². The van der Waals surface area contributed by atoms with Gasteiger partial charge < -0.3 is 10.5 Å². The first-order valence-corrected chi connectivity index (χ1v) is 7.49. The molecule has 2 N–H and O–H groups in total. The quantitative estimate of drug-likeness (QED) is 0.922. The lowest BCUT2D eigenvalue weighted by Crippen LogP contribution is -2.55. The van der Waals surface area contributed by atoms with Crippen LogP contribution >= 0.6 is 0 Å². The Kier molecular flexibility index (Phi) is 4.52. The molecule has 0 radical (unpaired) electrons. The van der Waals surface area contributed by atoms with E-state index in [4.69, 9.17) is 10.5 Å². The molecule has 1 aromatic carbocycles. The van der Waals surface area contributed by atoms with Crippen molar-refractivity contribution in [2.75, 3.05) is 26.3 Å². The monoisotopic (exact) mass is 276 g/mol. The predicted octanol–water partition coefficient (Wildman–Crippen LogP) is 2.72. The third kappa shape index (κ3) is 2.90. The van der Waals surface area contributed by atoms with Crippen molar-refractivity contribution in [3.63, 3.8) is 0 Å². The molecule has 0 spiro atoms. The zero-order valence-corrected chi connectivity index (χ0v) is 13.5. The number of aryl methyl sites for hydroxylation is 3. The molecule has 1 aliphatic rings. The zero-order valence-electron chi connectivity index (χ0n) is 13.5. The van der Waals surface area contributed by atoms with Crippen LogP contribution in [0.2, 0.25) is 0 Å². The van der Waals surface area contributed by atoms with E-state index in [-0.39, 0.29) is 11.6 Å². The molecule has 2 rings (SSSR count). The fourth-order valence-electron chi connectivity index (χ4n) is 3.21. The minimum atomic E-state index is 0.0352. The molecule has 1 heterocycles. The highest BCUT2D eigenvalue weighted by Crippen LogP contribution is 2.32. The molecule has 1 aliphatic heterocycles. The smallest absolute Gasteiger partial charge is 0.0645 e. The topological polar surface area (TPSA) is 38.5 Å². The summed E-state index contributed by atoms with van der Waals surface area (Å²) in [7, 11) is 0. The van der Waals surface area contributed by atoms with E-state index in [1.165, 1.54) is 22.3 Å². The normalized spacial score (nSPS) is 20.9. The maximum Gasteiger partial charge on any atom is 0.0645 e. The van der Waals surface area contributed by atoms with Crippen LogP contribution in [0, 0.1) is 20.8 Å². The molecule has 1 aromatic rings. The maximum absolute atomic E-state index is 6.13. The van der Waals surface area contributed by atoms with Crippen LogP contribution in [-0.4, -0.2) is 36.7 Å². The summed E-state index contributed by atoms with van der Waals surface area (Å²) in [5.41, 5.74) is 11.6. The summed E-state index contributed by atoms with van der Waals surface area (Å²) >= 11 is 0. The summed E-state index contributed by atoms with van der Waals surface area (Å²) in [6.45, 7) is 14.2. The van der Waals surface area contributed by atoms with Gasteiger partial charge in [0.25, 0.3) is 0 Å². The second-order valence-electron chi connectivity index (χ2n) is 6.60. The molecule has 0 aliphatic carbocycles. The number of benzene rings is 1. The highest BCUT2D eigenvalue weighted by atomic mass is 16.5. The van der Waals surface area contributed by atoms with Gasteiger partial charge in [0.15, 0.2) is 0 Å². The third-order valence-electron chi connectivity index (χ3n) is 4.55. The van der Waals surface area contributed by atoms with E-state index in [1.807, 2.05) is 0 Å². The Balaban J connectivity index is 2.39. The Morgan fingerprint density at radius 2 is 1.85 bits per heavy atom. The Hall–Kier alpha value is -0.900. The molecule has 1 unspecified atom stereocenters. The molecule has 112 valence electrons. The van der Waals surface area contributed by atoms with Crippen molar-refractivity contribution in [1.82, 2.24) is 4.90 Å². The first-order chi connectivity index (χ1) is 9.36. The van der Waals surface area contributed by atoms with Gasteiger partial charge >= 0.3 is 0 Å². The molecule has 0 saturated carbocycles. The van der Waals surface area contributed by atoms with Crippen molar-refractivity contribution in [3.8, 4) is 0 Å². The molecule has 1 fully saturated rings. The number of nitrogens with zero attached hydrogens (tertiary/aromatic N) is 1. The van der Waals surface area contributed by atoms with E-state index < -0.39 is 0 Å². The van der Waals surface area contributed by atoms with Gasteiger partial charge in [0.05, 0.1) is 13.2 Å². The number of hydrogen-bond acceptors (Lipinski definition) is 3. The first-order valence-electron chi connectivity index (χ1n) is 7.49. The molecule has 3 heteroatoms. The fourth-order valence-corrected chi connectivity index (χ4v) is 3.21. The average Bonchev–Trinajstić information content (AvgIpc) is 2.37. The summed E-state index contributed by atoms with van der Waals surface area (Å²) in [4.78, 5) is 2.51. The van der Waals surface area contributed by atoms with Crippen LogP contribution in [0.3, 0.4) is 0 Å². The van der Waals surface area contributed by atoms with E-state index in [0.29, 0.717) is 6.54 Å². The fraction of sp³-hybridized carbons (Fsp3) is 0.647. The van der Waals surface area contributed by atoms with Crippen LogP contribution < -0.4 is 5.73 Å². The van der Waals surface area contributed by atoms with Crippen LogP contribution in [0.25, 0.3) is 0 Å². The summed E-state index contributed by atoms with van der Waals surface area (Å²) in [6.07, 6.45) is 0. The summed E-state index contributed by atoms with van der Waals surface area (Å²) in [6, 6.07) is 4.86. The lowest BCUT2D eigenvalue weighted by Gasteiger charge is -2.47. The van der Waals surface area contributed by atoms with Crippen LogP contribution in [0.5, 0.6) is 0 Å². The summed E-state index contributed by atoms with van der Waals surface area (Å²) < 4.78 is 5.64. The summed E-state index contributed by atoms with van der Waals surface area (Å²) in [5, 5.41) is 0. The highest BCUT2D eigenvalue weighted by Gasteiger charge is 2.36. The van der Waals surface area contributed by atoms with Crippen molar-refractivity contribution in [2.24, 2.45) is 5.73 Å². The molecule has 0 bridgehead atoms. The molecular formula is C17H28N2O. The van der Waals surface area contributed by atoms with E-state index in [1.54, 1.807) is 0 Å². The third-order valence-corrected chi connectivity index (χ3v) is 4.55. The molecule has 3 nitrogen and oxygen atoms in total.